The smallest absolute Gasteiger partial charge is 0.0407 e. The van der Waals surface area contributed by atoms with Crippen LogP contribution in [0.5, 0.6) is 0 Å². The van der Waals surface area contributed by atoms with Gasteiger partial charge in [0.1, 0.15) is 0 Å². The molecule has 0 spiro atoms. The lowest BCUT2D eigenvalue weighted by molar-refractivity contribution is 1.05. The zero-order chi connectivity index (χ0) is 9.97. The fourth-order valence-electron chi connectivity index (χ4n) is 1.56. The Hall–Kier alpha value is -0.940. The number of hydrogen-bond acceptors (Lipinski definition) is 1. The van der Waals surface area contributed by atoms with Gasteiger partial charge in [-0.2, -0.15) is 0 Å². The molecule has 1 nitrogen and oxygen atoms in total. The summed E-state index contributed by atoms with van der Waals surface area (Å²) in [5.74, 6) is 0. The molecule has 0 N–H and O–H groups in total. The van der Waals surface area contributed by atoms with Gasteiger partial charge in [0.15, 0.2) is 0 Å². The second-order valence-electron chi connectivity index (χ2n) is 3.41. The van der Waals surface area contributed by atoms with E-state index in [1.807, 2.05) is 6.20 Å². The van der Waals surface area contributed by atoms with E-state index in [1.165, 1.54) is 22.0 Å². The van der Waals surface area contributed by atoms with E-state index in [0.717, 1.165) is 12.6 Å². The summed E-state index contributed by atoms with van der Waals surface area (Å²) in [6.45, 7) is 2.13. The topological polar surface area (TPSA) is 12.9 Å². The Morgan fingerprint density at radius 2 is 2.07 bits per heavy atom. The van der Waals surface area contributed by atoms with Crippen molar-refractivity contribution in [1.29, 1.82) is 0 Å². The van der Waals surface area contributed by atoms with Crippen LogP contribution in [-0.2, 0) is 12.6 Å². The van der Waals surface area contributed by atoms with Gasteiger partial charge in [-0.15, -0.1) is 9.24 Å². The summed E-state index contributed by atoms with van der Waals surface area (Å²) in [7, 11) is 2.75. The molecule has 1 heterocycles. The Kier molecular flexibility index (Phi) is 2.79. The first-order valence-electron chi connectivity index (χ1n) is 4.91. The van der Waals surface area contributed by atoms with E-state index in [0.29, 0.717) is 0 Å². The van der Waals surface area contributed by atoms with Gasteiger partial charge in [0.05, 0.1) is 0 Å². The lowest BCUT2D eigenvalue weighted by atomic mass is 10.1. The van der Waals surface area contributed by atoms with Crippen LogP contribution in [0.4, 0.5) is 0 Å². The normalized spacial score (nSPS) is 10.7. The lowest BCUT2D eigenvalue weighted by Gasteiger charge is -2.02. The van der Waals surface area contributed by atoms with Crippen LogP contribution in [0.3, 0.4) is 0 Å². The van der Waals surface area contributed by atoms with E-state index < -0.39 is 0 Å². The summed E-state index contributed by atoms with van der Waals surface area (Å²) >= 11 is 0. The summed E-state index contributed by atoms with van der Waals surface area (Å²) in [5, 5.41) is 2.53. The standard InChI is InChI=1S/C12H14NP/c1-2-12-6-11-5-9(8-14)3-4-10(11)7-13-12/h3-7H,2,8,14H2,1H3. The molecule has 0 saturated carbocycles. The van der Waals surface area contributed by atoms with Crippen LogP contribution in [0.1, 0.15) is 18.2 Å². The zero-order valence-corrected chi connectivity index (χ0v) is 9.48. The largest absolute Gasteiger partial charge is 0.261 e. The third-order valence-electron chi connectivity index (χ3n) is 2.44. The van der Waals surface area contributed by atoms with Crippen molar-refractivity contribution in [2.75, 3.05) is 0 Å². The first-order valence-corrected chi connectivity index (χ1v) is 5.72. The molecular weight excluding hydrogens is 189 g/mol. The minimum absolute atomic E-state index is 1.00. The Morgan fingerprint density at radius 1 is 1.21 bits per heavy atom. The van der Waals surface area contributed by atoms with E-state index >= 15 is 0 Å². The molecule has 2 rings (SSSR count). The van der Waals surface area contributed by atoms with Crippen molar-refractivity contribution in [2.24, 2.45) is 0 Å². The van der Waals surface area contributed by atoms with Gasteiger partial charge >= 0.3 is 0 Å². The van der Waals surface area contributed by atoms with Gasteiger partial charge in [-0.25, -0.2) is 0 Å². The number of benzene rings is 1. The summed E-state index contributed by atoms with van der Waals surface area (Å²) in [6.07, 6.45) is 3.97. The monoisotopic (exact) mass is 203 g/mol. The Balaban J connectivity index is 2.60. The fraction of sp³-hybridized carbons (Fsp3) is 0.250. The van der Waals surface area contributed by atoms with Crippen molar-refractivity contribution in [3.05, 3.63) is 41.7 Å². The maximum Gasteiger partial charge on any atom is 0.0407 e. The molecule has 1 unspecified atom stereocenters. The SMILES string of the molecule is CCc1cc2cc(CP)ccc2cn1. The minimum Gasteiger partial charge on any atom is -0.261 e. The van der Waals surface area contributed by atoms with Crippen LogP contribution in [0.25, 0.3) is 10.8 Å². The molecule has 2 heteroatoms. The Bertz CT molecular complexity index is 412. The first-order chi connectivity index (χ1) is 6.83. The third-order valence-corrected chi connectivity index (χ3v) is 2.91. The van der Waals surface area contributed by atoms with Gasteiger partial charge in [0.2, 0.25) is 0 Å². The van der Waals surface area contributed by atoms with Crippen LogP contribution in [0, 0.1) is 0 Å². The maximum absolute atomic E-state index is 4.38. The molecule has 1 aromatic carbocycles. The van der Waals surface area contributed by atoms with E-state index in [2.05, 4.69) is 45.4 Å². The number of aromatic nitrogens is 1. The number of nitrogens with zero attached hydrogens (tertiary/aromatic N) is 1. The summed E-state index contributed by atoms with van der Waals surface area (Å²) in [6, 6.07) is 8.71. The number of rotatable bonds is 2. The predicted molar refractivity (Wildman–Crippen MR) is 64.5 cm³/mol. The van der Waals surface area contributed by atoms with Crippen molar-refractivity contribution in [3.63, 3.8) is 0 Å². The van der Waals surface area contributed by atoms with Gasteiger partial charge < -0.3 is 0 Å². The molecule has 2 aromatic rings. The first kappa shape index (κ1) is 9.61. The summed E-state index contributed by atoms with van der Waals surface area (Å²) < 4.78 is 0. The minimum atomic E-state index is 1.00. The van der Waals surface area contributed by atoms with E-state index in [-0.39, 0.29) is 0 Å². The summed E-state index contributed by atoms with van der Waals surface area (Å²) in [4.78, 5) is 4.38. The average molecular weight is 203 g/mol. The number of pyridine rings is 1. The highest BCUT2D eigenvalue weighted by Gasteiger charge is 1.97. The molecule has 0 aliphatic rings. The van der Waals surface area contributed by atoms with Gasteiger partial charge in [0, 0.05) is 17.3 Å². The quantitative estimate of drug-likeness (QED) is 0.683. The highest BCUT2D eigenvalue weighted by Crippen LogP contribution is 2.17. The Morgan fingerprint density at radius 3 is 2.79 bits per heavy atom. The molecule has 1 aromatic heterocycles. The summed E-state index contributed by atoms with van der Waals surface area (Å²) in [5.41, 5.74) is 2.52. The molecule has 72 valence electrons. The van der Waals surface area contributed by atoms with Crippen LogP contribution < -0.4 is 0 Å². The van der Waals surface area contributed by atoms with Crippen molar-refractivity contribution in [3.8, 4) is 0 Å². The molecule has 0 amide bonds. The molecule has 0 fully saturated rings. The molecule has 0 radical (unpaired) electrons. The van der Waals surface area contributed by atoms with Gasteiger partial charge in [0.25, 0.3) is 0 Å². The Labute approximate surface area is 86.8 Å². The second-order valence-corrected chi connectivity index (χ2v) is 3.82. The molecule has 1 atom stereocenters. The maximum atomic E-state index is 4.38. The van der Waals surface area contributed by atoms with Crippen molar-refractivity contribution in [2.45, 2.75) is 19.5 Å². The third kappa shape index (κ3) is 1.78. The van der Waals surface area contributed by atoms with Crippen molar-refractivity contribution >= 4 is 20.0 Å². The molecular formula is C12H14NP. The fourth-order valence-corrected chi connectivity index (χ4v) is 1.81. The van der Waals surface area contributed by atoms with Crippen molar-refractivity contribution < 1.29 is 0 Å². The molecule has 0 bridgehead atoms. The average Bonchev–Trinajstić information content (AvgIpc) is 2.27. The number of hydrogen-bond donors (Lipinski definition) is 0. The molecule has 14 heavy (non-hydrogen) atoms. The van der Waals surface area contributed by atoms with Crippen LogP contribution in [-0.4, -0.2) is 4.98 Å². The van der Waals surface area contributed by atoms with E-state index in [4.69, 9.17) is 0 Å². The highest BCUT2D eigenvalue weighted by atomic mass is 31.0. The molecule has 0 aliphatic heterocycles. The lowest BCUT2D eigenvalue weighted by Crippen LogP contribution is -1.87. The van der Waals surface area contributed by atoms with Gasteiger partial charge in [-0.1, -0.05) is 25.1 Å². The van der Waals surface area contributed by atoms with Crippen LogP contribution in [0.15, 0.2) is 30.5 Å². The van der Waals surface area contributed by atoms with Gasteiger partial charge in [-0.05, 0) is 29.6 Å². The van der Waals surface area contributed by atoms with Gasteiger partial charge in [-0.3, -0.25) is 4.98 Å². The number of aryl methyl sites for hydroxylation is 1. The predicted octanol–water partition coefficient (Wildman–Crippen LogP) is 3.17. The van der Waals surface area contributed by atoms with Crippen LogP contribution in [0.2, 0.25) is 0 Å². The number of fused-ring (bicyclic) bond motifs is 1. The van der Waals surface area contributed by atoms with Crippen molar-refractivity contribution in [1.82, 2.24) is 4.98 Å². The second kappa shape index (κ2) is 4.06. The molecule has 0 saturated heterocycles. The zero-order valence-electron chi connectivity index (χ0n) is 8.33. The van der Waals surface area contributed by atoms with E-state index in [9.17, 15) is 0 Å². The highest BCUT2D eigenvalue weighted by molar-refractivity contribution is 7.15. The molecule has 0 aliphatic carbocycles. The van der Waals surface area contributed by atoms with Crippen LogP contribution >= 0.6 is 9.24 Å². The van der Waals surface area contributed by atoms with E-state index in [1.54, 1.807) is 0 Å².